The maximum atomic E-state index is 13.5. The van der Waals surface area contributed by atoms with Crippen molar-refractivity contribution in [1.82, 2.24) is 9.88 Å². The van der Waals surface area contributed by atoms with Crippen molar-refractivity contribution < 1.29 is 9.50 Å². The third-order valence-corrected chi connectivity index (χ3v) is 5.74. The van der Waals surface area contributed by atoms with Crippen molar-refractivity contribution >= 4 is 10.9 Å². The van der Waals surface area contributed by atoms with E-state index in [0.717, 1.165) is 60.2 Å². The van der Waals surface area contributed by atoms with E-state index in [1.54, 1.807) is 12.1 Å². The second kappa shape index (κ2) is 6.53. The molecule has 0 unspecified atom stereocenters. The van der Waals surface area contributed by atoms with Gasteiger partial charge in [-0.2, -0.15) is 0 Å². The standard InChI is InChI=1S/C22H25FN2O/c1-15-4-3-5-17(12-15)22(26)8-10-25(11-9-22)14-21-16(2)19-13-18(23)6-7-20(19)24-21/h3-7,12-13,24,26H,8-11,14H2,1-2H3. The van der Waals surface area contributed by atoms with E-state index in [1.165, 1.54) is 11.6 Å². The second-order valence-electron chi connectivity index (χ2n) is 7.60. The Kier molecular flexibility index (Phi) is 4.33. The smallest absolute Gasteiger partial charge is 0.123 e. The number of fused-ring (bicyclic) bond motifs is 1. The molecule has 0 amide bonds. The van der Waals surface area contributed by atoms with Crippen molar-refractivity contribution in [2.24, 2.45) is 0 Å². The monoisotopic (exact) mass is 352 g/mol. The molecule has 1 fully saturated rings. The molecule has 3 aromatic rings. The summed E-state index contributed by atoms with van der Waals surface area (Å²) in [4.78, 5) is 5.79. The summed E-state index contributed by atoms with van der Waals surface area (Å²) in [7, 11) is 0. The van der Waals surface area contributed by atoms with E-state index >= 15 is 0 Å². The summed E-state index contributed by atoms with van der Waals surface area (Å²) in [6, 6.07) is 13.1. The summed E-state index contributed by atoms with van der Waals surface area (Å²) in [5.41, 5.74) is 4.69. The van der Waals surface area contributed by atoms with Gasteiger partial charge in [0.1, 0.15) is 5.82 Å². The van der Waals surface area contributed by atoms with Crippen LogP contribution in [0.1, 0.15) is 35.2 Å². The van der Waals surface area contributed by atoms with E-state index in [4.69, 9.17) is 0 Å². The Morgan fingerprint density at radius 3 is 2.62 bits per heavy atom. The number of hydrogen-bond donors (Lipinski definition) is 2. The van der Waals surface area contributed by atoms with Gasteiger partial charge in [-0.25, -0.2) is 4.39 Å². The fourth-order valence-electron chi connectivity index (χ4n) is 4.04. The Labute approximate surface area is 153 Å². The van der Waals surface area contributed by atoms with Crippen LogP contribution >= 0.6 is 0 Å². The van der Waals surface area contributed by atoms with Gasteiger partial charge in [0.25, 0.3) is 0 Å². The van der Waals surface area contributed by atoms with Crippen molar-refractivity contribution in [3.05, 3.63) is 70.7 Å². The molecule has 0 aliphatic carbocycles. The van der Waals surface area contributed by atoms with Gasteiger partial charge >= 0.3 is 0 Å². The van der Waals surface area contributed by atoms with Gasteiger partial charge in [0.05, 0.1) is 5.60 Å². The van der Waals surface area contributed by atoms with Crippen molar-refractivity contribution in [3.8, 4) is 0 Å². The molecule has 2 N–H and O–H groups in total. The first-order chi connectivity index (χ1) is 12.4. The van der Waals surface area contributed by atoms with Gasteiger partial charge in [-0.3, -0.25) is 4.90 Å². The van der Waals surface area contributed by atoms with Crippen LogP contribution < -0.4 is 0 Å². The van der Waals surface area contributed by atoms with Crippen LogP contribution in [0.5, 0.6) is 0 Å². The van der Waals surface area contributed by atoms with Crippen LogP contribution in [0, 0.1) is 19.7 Å². The van der Waals surface area contributed by atoms with Crippen molar-refractivity contribution in [2.45, 2.75) is 38.8 Å². The van der Waals surface area contributed by atoms with Gasteiger partial charge < -0.3 is 10.1 Å². The Hall–Kier alpha value is -2.17. The van der Waals surface area contributed by atoms with Crippen LogP contribution in [0.2, 0.25) is 0 Å². The van der Waals surface area contributed by atoms with Crippen LogP contribution in [0.3, 0.4) is 0 Å². The van der Waals surface area contributed by atoms with Crippen molar-refractivity contribution in [1.29, 1.82) is 0 Å². The Bertz CT molecular complexity index is 938. The topological polar surface area (TPSA) is 39.3 Å². The first-order valence-corrected chi connectivity index (χ1v) is 9.23. The molecule has 1 saturated heterocycles. The molecule has 0 atom stereocenters. The zero-order valence-electron chi connectivity index (χ0n) is 15.3. The summed E-state index contributed by atoms with van der Waals surface area (Å²) in [5.74, 6) is -0.202. The molecule has 2 aromatic carbocycles. The van der Waals surface area contributed by atoms with Gasteiger partial charge in [-0.15, -0.1) is 0 Å². The highest BCUT2D eigenvalue weighted by molar-refractivity contribution is 5.84. The number of rotatable bonds is 3. The largest absolute Gasteiger partial charge is 0.385 e. The minimum absolute atomic E-state index is 0.202. The molecule has 0 saturated carbocycles. The molecule has 4 rings (SSSR count). The third kappa shape index (κ3) is 3.15. The molecule has 3 nitrogen and oxygen atoms in total. The first kappa shape index (κ1) is 17.3. The number of aromatic nitrogens is 1. The van der Waals surface area contributed by atoms with Crippen molar-refractivity contribution in [2.75, 3.05) is 13.1 Å². The SMILES string of the molecule is Cc1cccc(C2(O)CCN(Cc3[nH]c4ccc(F)cc4c3C)CC2)c1. The number of nitrogens with one attached hydrogen (secondary N) is 1. The number of nitrogens with zero attached hydrogens (tertiary/aromatic N) is 1. The van der Waals surface area contributed by atoms with E-state index in [-0.39, 0.29) is 5.82 Å². The summed E-state index contributed by atoms with van der Waals surface area (Å²) < 4.78 is 13.5. The molecular formula is C22H25FN2O. The molecule has 1 aliphatic heterocycles. The van der Waals surface area contributed by atoms with Gasteiger partial charge in [-0.1, -0.05) is 29.8 Å². The molecule has 0 radical (unpaired) electrons. The number of piperidine rings is 1. The van der Waals surface area contributed by atoms with Gasteiger partial charge in [0.2, 0.25) is 0 Å². The minimum atomic E-state index is -0.735. The first-order valence-electron chi connectivity index (χ1n) is 9.23. The lowest BCUT2D eigenvalue weighted by Crippen LogP contribution is -2.42. The molecule has 26 heavy (non-hydrogen) atoms. The van der Waals surface area contributed by atoms with Crippen molar-refractivity contribution in [3.63, 3.8) is 0 Å². The van der Waals surface area contributed by atoms with E-state index in [9.17, 15) is 9.50 Å². The maximum absolute atomic E-state index is 13.5. The van der Waals surface area contributed by atoms with Crippen LogP contribution in [0.4, 0.5) is 4.39 Å². The predicted octanol–water partition coefficient (Wildman–Crippen LogP) is 4.41. The average Bonchev–Trinajstić information content (AvgIpc) is 2.93. The maximum Gasteiger partial charge on any atom is 0.123 e. The van der Waals surface area contributed by atoms with E-state index < -0.39 is 5.60 Å². The van der Waals surface area contributed by atoms with Crippen LogP contribution in [-0.2, 0) is 12.1 Å². The number of hydrogen-bond acceptors (Lipinski definition) is 2. The van der Waals surface area contributed by atoms with Gasteiger partial charge in [-0.05, 0) is 56.0 Å². The number of likely N-dealkylation sites (tertiary alicyclic amines) is 1. The lowest BCUT2D eigenvalue weighted by molar-refractivity contribution is -0.0280. The Morgan fingerprint density at radius 1 is 1.12 bits per heavy atom. The van der Waals surface area contributed by atoms with E-state index in [1.807, 2.05) is 19.1 Å². The second-order valence-corrected chi connectivity index (χ2v) is 7.60. The number of aromatic amines is 1. The summed E-state index contributed by atoms with van der Waals surface area (Å²) in [6.07, 6.45) is 1.45. The molecular weight excluding hydrogens is 327 g/mol. The molecule has 136 valence electrons. The third-order valence-electron chi connectivity index (χ3n) is 5.74. The highest BCUT2D eigenvalue weighted by Crippen LogP contribution is 2.34. The highest BCUT2D eigenvalue weighted by Gasteiger charge is 2.34. The Morgan fingerprint density at radius 2 is 1.88 bits per heavy atom. The molecule has 0 bridgehead atoms. The molecule has 4 heteroatoms. The lowest BCUT2D eigenvalue weighted by atomic mass is 9.84. The normalized spacial score (nSPS) is 17.7. The van der Waals surface area contributed by atoms with Gasteiger partial charge in [0, 0.05) is 36.2 Å². The molecule has 0 spiro atoms. The van der Waals surface area contributed by atoms with Crippen LogP contribution in [-0.4, -0.2) is 28.1 Å². The van der Waals surface area contributed by atoms with Gasteiger partial charge in [0.15, 0.2) is 0 Å². The zero-order chi connectivity index (χ0) is 18.3. The average molecular weight is 352 g/mol. The fourth-order valence-corrected chi connectivity index (χ4v) is 4.04. The van der Waals surface area contributed by atoms with E-state index in [0.29, 0.717) is 0 Å². The number of benzene rings is 2. The van der Waals surface area contributed by atoms with Crippen LogP contribution in [0.25, 0.3) is 10.9 Å². The lowest BCUT2D eigenvalue weighted by Gasteiger charge is -2.38. The number of aryl methyl sites for hydroxylation is 2. The number of halogens is 1. The van der Waals surface area contributed by atoms with Crippen LogP contribution in [0.15, 0.2) is 42.5 Å². The Balaban J connectivity index is 1.48. The predicted molar refractivity (Wildman–Crippen MR) is 103 cm³/mol. The summed E-state index contributed by atoms with van der Waals surface area (Å²) in [5, 5.41) is 12.0. The summed E-state index contributed by atoms with van der Waals surface area (Å²) in [6.45, 7) is 6.58. The summed E-state index contributed by atoms with van der Waals surface area (Å²) >= 11 is 0. The fraction of sp³-hybridized carbons (Fsp3) is 0.364. The minimum Gasteiger partial charge on any atom is -0.385 e. The van der Waals surface area contributed by atoms with E-state index in [2.05, 4.69) is 28.9 Å². The molecule has 2 heterocycles. The number of H-pyrrole nitrogens is 1. The molecule has 1 aliphatic rings. The zero-order valence-corrected chi connectivity index (χ0v) is 15.3. The quantitative estimate of drug-likeness (QED) is 0.733. The molecule has 1 aromatic heterocycles. The highest BCUT2D eigenvalue weighted by atomic mass is 19.1. The number of aliphatic hydroxyl groups is 1.